The first-order chi connectivity index (χ1) is 18.6. The second kappa shape index (κ2) is 14.2. The normalized spacial score (nSPS) is 13.5. The molecule has 3 N–H and O–H groups in total. The molecule has 0 radical (unpaired) electrons. The topological polar surface area (TPSA) is 145 Å². The maximum Gasteiger partial charge on any atom is 0.269 e. The van der Waals surface area contributed by atoms with Crippen molar-refractivity contribution in [2.75, 3.05) is 80.8 Å². The molecule has 1 saturated heterocycles. The first kappa shape index (κ1) is 27.2. The third-order valence-electron chi connectivity index (χ3n) is 6.03. The summed E-state index contributed by atoms with van der Waals surface area (Å²) in [7, 11) is 0. The number of nitrogens with two attached hydrogens (primary N) is 1. The van der Waals surface area contributed by atoms with Crippen LogP contribution in [-0.4, -0.2) is 85.6 Å². The summed E-state index contributed by atoms with van der Waals surface area (Å²) in [6, 6.07) is 16.8. The number of nitrogens with one attached hydrogen (secondary N) is 1. The number of hydrogen-bond acceptors (Lipinski definition) is 11. The zero-order valence-electron chi connectivity index (χ0n) is 21.4. The third kappa shape index (κ3) is 8.07. The second-order valence-electron chi connectivity index (χ2n) is 8.73. The Morgan fingerprint density at radius 2 is 1.55 bits per heavy atom. The fourth-order valence-corrected chi connectivity index (χ4v) is 4.08. The zero-order valence-corrected chi connectivity index (χ0v) is 21.4. The minimum Gasteiger partial charge on any atom is -0.378 e. The van der Waals surface area contributed by atoms with Crippen LogP contribution in [0.5, 0.6) is 0 Å². The van der Waals surface area contributed by atoms with Crippen LogP contribution in [0.3, 0.4) is 0 Å². The number of piperazine rings is 1. The van der Waals surface area contributed by atoms with E-state index in [1.807, 2.05) is 18.2 Å². The van der Waals surface area contributed by atoms with Gasteiger partial charge in [-0.3, -0.25) is 10.1 Å². The lowest BCUT2D eigenvalue weighted by Crippen LogP contribution is -2.47. The average Bonchev–Trinajstić information content (AvgIpc) is 2.95. The van der Waals surface area contributed by atoms with Crippen LogP contribution in [0, 0.1) is 10.1 Å². The van der Waals surface area contributed by atoms with Crippen molar-refractivity contribution in [1.29, 1.82) is 0 Å². The van der Waals surface area contributed by atoms with Gasteiger partial charge in [0.2, 0.25) is 11.9 Å². The van der Waals surface area contributed by atoms with Crippen LogP contribution in [-0.2, 0) is 15.9 Å². The van der Waals surface area contributed by atoms with Crippen LogP contribution in [0.1, 0.15) is 11.4 Å². The van der Waals surface area contributed by atoms with Gasteiger partial charge in [-0.2, -0.15) is 15.0 Å². The molecule has 12 nitrogen and oxygen atoms in total. The summed E-state index contributed by atoms with van der Waals surface area (Å²) in [5.74, 6) is 1.84. The van der Waals surface area contributed by atoms with Gasteiger partial charge < -0.3 is 30.3 Å². The van der Waals surface area contributed by atoms with Crippen molar-refractivity contribution in [3.05, 3.63) is 76.1 Å². The molecule has 202 valence electrons. The Morgan fingerprint density at radius 3 is 2.24 bits per heavy atom. The smallest absolute Gasteiger partial charge is 0.269 e. The fourth-order valence-electron chi connectivity index (χ4n) is 4.08. The molecule has 0 saturated carbocycles. The van der Waals surface area contributed by atoms with Crippen LogP contribution in [0.25, 0.3) is 0 Å². The number of hydrogen-bond donors (Lipinski definition) is 2. The summed E-state index contributed by atoms with van der Waals surface area (Å²) in [5.41, 5.74) is 7.59. The quantitative estimate of drug-likeness (QED) is 0.182. The van der Waals surface area contributed by atoms with Crippen LogP contribution in [0.2, 0.25) is 0 Å². The largest absolute Gasteiger partial charge is 0.378 e. The summed E-state index contributed by atoms with van der Waals surface area (Å²) >= 11 is 0. The van der Waals surface area contributed by atoms with Gasteiger partial charge in [-0.05, 0) is 17.7 Å². The van der Waals surface area contributed by atoms with Gasteiger partial charge in [0.1, 0.15) is 5.82 Å². The Bertz CT molecular complexity index is 1140. The number of anilines is 3. The maximum absolute atomic E-state index is 11.0. The molecule has 2 heterocycles. The number of non-ortho nitro benzene ring substituents is 1. The molecule has 1 aliphatic heterocycles. The molecule has 1 aromatic heterocycles. The van der Waals surface area contributed by atoms with Crippen molar-refractivity contribution in [3.63, 3.8) is 0 Å². The van der Waals surface area contributed by atoms with Crippen LogP contribution < -0.4 is 20.9 Å². The number of aromatic nitrogens is 3. The van der Waals surface area contributed by atoms with Crippen molar-refractivity contribution in [3.8, 4) is 0 Å². The third-order valence-corrected chi connectivity index (χ3v) is 6.03. The predicted octanol–water partition coefficient (Wildman–Crippen LogP) is 2.10. The van der Waals surface area contributed by atoms with Crippen molar-refractivity contribution < 1.29 is 14.4 Å². The van der Waals surface area contributed by atoms with Crippen molar-refractivity contribution in [2.45, 2.75) is 6.42 Å². The van der Waals surface area contributed by atoms with E-state index in [4.69, 9.17) is 25.2 Å². The molecule has 0 aliphatic carbocycles. The maximum atomic E-state index is 11.0. The number of nitro groups is 1. The van der Waals surface area contributed by atoms with E-state index in [0.717, 1.165) is 37.4 Å². The monoisotopic (exact) mass is 522 g/mol. The van der Waals surface area contributed by atoms with Gasteiger partial charge >= 0.3 is 0 Å². The van der Waals surface area contributed by atoms with Gasteiger partial charge in [-0.1, -0.05) is 30.3 Å². The fraction of sp³-hybridized carbons (Fsp3) is 0.423. The Hall–Kier alpha value is -3.87. The molecule has 0 atom stereocenters. The van der Waals surface area contributed by atoms with Gasteiger partial charge in [0, 0.05) is 63.5 Å². The predicted molar refractivity (Wildman–Crippen MR) is 146 cm³/mol. The molecule has 1 aliphatic rings. The Kier molecular flexibility index (Phi) is 10.1. The first-order valence-corrected chi connectivity index (χ1v) is 12.7. The highest BCUT2D eigenvalue weighted by atomic mass is 16.6. The lowest BCUT2D eigenvalue weighted by Gasteiger charge is -2.36. The van der Waals surface area contributed by atoms with E-state index >= 15 is 0 Å². The Labute approximate surface area is 222 Å². The summed E-state index contributed by atoms with van der Waals surface area (Å²) in [6.45, 7) is 6.04. The highest BCUT2D eigenvalue weighted by Gasteiger charge is 2.21. The Morgan fingerprint density at radius 1 is 0.868 bits per heavy atom. The molecule has 12 heteroatoms. The minimum absolute atomic E-state index is 0.0916. The molecule has 2 aromatic carbocycles. The number of nitrogens with zero attached hydrogens (tertiary/aromatic N) is 6. The van der Waals surface area contributed by atoms with Crippen molar-refractivity contribution >= 4 is 23.3 Å². The SMILES string of the molecule is NCCOCCOCCNc1nc(Cc2ccccc2)nc(N2CCN(c3ccc([N+](=O)[O-])cc3)CC2)n1. The molecule has 0 unspecified atom stereocenters. The van der Waals surface area contributed by atoms with E-state index in [2.05, 4.69) is 32.2 Å². The van der Waals surface area contributed by atoms with Gasteiger partial charge in [-0.25, -0.2) is 0 Å². The standard InChI is InChI=1S/C26H34N8O4/c27-10-16-37-18-19-38-17-11-28-25-29-24(20-21-4-2-1-3-5-21)30-26(31-25)33-14-12-32(13-15-33)22-6-8-23(9-7-22)34(35)36/h1-9H,10-20,27H2,(H,28,29,30,31). The summed E-state index contributed by atoms with van der Waals surface area (Å²) in [5, 5.41) is 14.2. The number of rotatable bonds is 14. The molecular formula is C26H34N8O4. The van der Waals surface area contributed by atoms with Crippen molar-refractivity contribution in [1.82, 2.24) is 15.0 Å². The lowest BCUT2D eigenvalue weighted by molar-refractivity contribution is -0.384. The van der Waals surface area contributed by atoms with E-state index in [9.17, 15) is 10.1 Å². The molecule has 0 amide bonds. The van der Waals surface area contributed by atoms with E-state index in [1.54, 1.807) is 24.3 Å². The summed E-state index contributed by atoms with van der Waals surface area (Å²) in [6.07, 6.45) is 0.600. The highest BCUT2D eigenvalue weighted by molar-refractivity contribution is 5.52. The van der Waals surface area contributed by atoms with Crippen LogP contribution in [0.15, 0.2) is 54.6 Å². The summed E-state index contributed by atoms with van der Waals surface area (Å²) < 4.78 is 10.9. The molecule has 1 fully saturated rings. The number of ether oxygens (including phenoxy) is 2. The van der Waals surface area contributed by atoms with E-state index < -0.39 is 0 Å². The number of nitro benzene ring substituents is 1. The van der Waals surface area contributed by atoms with Crippen LogP contribution in [0.4, 0.5) is 23.3 Å². The molecule has 0 bridgehead atoms. The number of benzene rings is 2. The molecular weight excluding hydrogens is 488 g/mol. The second-order valence-corrected chi connectivity index (χ2v) is 8.73. The minimum atomic E-state index is -0.384. The lowest BCUT2D eigenvalue weighted by atomic mass is 10.1. The molecule has 0 spiro atoms. The van der Waals surface area contributed by atoms with E-state index in [0.29, 0.717) is 63.7 Å². The van der Waals surface area contributed by atoms with Crippen molar-refractivity contribution in [2.24, 2.45) is 5.73 Å². The van der Waals surface area contributed by atoms with Gasteiger partial charge in [-0.15, -0.1) is 0 Å². The molecule has 38 heavy (non-hydrogen) atoms. The van der Waals surface area contributed by atoms with Gasteiger partial charge in [0.05, 0.1) is 31.4 Å². The molecule has 4 rings (SSSR count). The van der Waals surface area contributed by atoms with E-state index in [1.165, 1.54) is 0 Å². The summed E-state index contributed by atoms with van der Waals surface area (Å²) in [4.78, 5) is 29.0. The van der Waals surface area contributed by atoms with Gasteiger partial charge in [0.15, 0.2) is 0 Å². The van der Waals surface area contributed by atoms with E-state index in [-0.39, 0.29) is 10.6 Å². The Balaban J connectivity index is 1.38. The molecule has 3 aromatic rings. The highest BCUT2D eigenvalue weighted by Crippen LogP contribution is 2.22. The van der Waals surface area contributed by atoms with Gasteiger partial charge in [0.25, 0.3) is 5.69 Å². The van der Waals surface area contributed by atoms with Crippen LogP contribution >= 0.6 is 0 Å². The first-order valence-electron chi connectivity index (χ1n) is 12.7. The zero-order chi connectivity index (χ0) is 26.6. The average molecular weight is 523 g/mol.